The fourth-order valence-corrected chi connectivity index (χ4v) is 2.34. The number of hydrogen-bond donors (Lipinski definition) is 0. The highest BCUT2D eigenvalue weighted by Crippen LogP contribution is 2.34. The minimum absolute atomic E-state index is 0.0431. The number of alkyl halides is 3. The molecule has 1 aliphatic heterocycles. The summed E-state index contributed by atoms with van der Waals surface area (Å²) in [5, 5.41) is 8.93. The lowest BCUT2D eigenvalue weighted by molar-refractivity contribution is -0.137. The van der Waals surface area contributed by atoms with Crippen LogP contribution in [-0.4, -0.2) is 12.6 Å². The van der Waals surface area contributed by atoms with Crippen molar-refractivity contribution in [1.29, 1.82) is 5.26 Å². The van der Waals surface area contributed by atoms with Crippen LogP contribution in [0.15, 0.2) is 24.3 Å². The molecule has 0 saturated carbocycles. The second-order valence-electron chi connectivity index (χ2n) is 4.51. The summed E-state index contributed by atoms with van der Waals surface area (Å²) in [6.45, 7) is 2.50. The Kier molecular flexibility index (Phi) is 3.20. The Bertz CT molecular complexity index is 476. The van der Waals surface area contributed by atoms with E-state index in [0.717, 1.165) is 12.1 Å². The third-order valence-corrected chi connectivity index (χ3v) is 3.43. The topological polar surface area (TPSA) is 27.0 Å². The first-order valence-electron chi connectivity index (χ1n) is 5.77. The highest BCUT2D eigenvalue weighted by Gasteiger charge is 2.34. The molecule has 18 heavy (non-hydrogen) atoms. The number of nitrogens with zero attached hydrogens (tertiary/aromatic N) is 2. The molecule has 1 aromatic carbocycles. The van der Waals surface area contributed by atoms with Crippen LogP contribution in [0.25, 0.3) is 0 Å². The maximum atomic E-state index is 12.6. The Morgan fingerprint density at radius 1 is 1.39 bits per heavy atom. The molecule has 0 N–H and O–H groups in total. The van der Waals surface area contributed by atoms with Gasteiger partial charge in [-0.25, -0.2) is 0 Å². The molecule has 0 aliphatic carbocycles. The van der Waals surface area contributed by atoms with Crippen LogP contribution >= 0.6 is 0 Å². The van der Waals surface area contributed by atoms with Crippen LogP contribution in [0.3, 0.4) is 0 Å². The van der Waals surface area contributed by atoms with Crippen molar-refractivity contribution < 1.29 is 13.2 Å². The van der Waals surface area contributed by atoms with Gasteiger partial charge >= 0.3 is 6.18 Å². The van der Waals surface area contributed by atoms with Crippen molar-refractivity contribution in [3.05, 3.63) is 29.8 Å². The monoisotopic (exact) mass is 254 g/mol. The number of hydrogen-bond acceptors (Lipinski definition) is 2. The lowest BCUT2D eigenvalue weighted by Crippen LogP contribution is -2.29. The average molecular weight is 254 g/mol. The maximum Gasteiger partial charge on any atom is 0.416 e. The summed E-state index contributed by atoms with van der Waals surface area (Å²) >= 11 is 0. The van der Waals surface area contributed by atoms with Gasteiger partial charge in [0, 0.05) is 18.3 Å². The van der Waals surface area contributed by atoms with Gasteiger partial charge in [0.25, 0.3) is 0 Å². The van der Waals surface area contributed by atoms with Crippen LogP contribution < -0.4 is 4.90 Å². The molecule has 96 valence electrons. The van der Waals surface area contributed by atoms with Gasteiger partial charge in [0.2, 0.25) is 0 Å². The van der Waals surface area contributed by atoms with Gasteiger partial charge in [-0.15, -0.1) is 0 Å². The van der Waals surface area contributed by atoms with Crippen molar-refractivity contribution in [1.82, 2.24) is 0 Å². The summed E-state index contributed by atoms with van der Waals surface area (Å²) < 4.78 is 37.9. The van der Waals surface area contributed by atoms with Crippen molar-refractivity contribution >= 4 is 5.69 Å². The molecule has 2 atom stereocenters. The van der Waals surface area contributed by atoms with Crippen LogP contribution in [0.2, 0.25) is 0 Å². The Labute approximate surface area is 104 Å². The van der Waals surface area contributed by atoms with Gasteiger partial charge in [-0.1, -0.05) is 6.07 Å². The van der Waals surface area contributed by atoms with E-state index < -0.39 is 11.7 Å². The highest BCUT2D eigenvalue weighted by molar-refractivity contribution is 5.51. The molecular formula is C13H13F3N2. The van der Waals surface area contributed by atoms with Crippen LogP contribution in [0.1, 0.15) is 18.9 Å². The van der Waals surface area contributed by atoms with Crippen molar-refractivity contribution in [2.75, 3.05) is 11.4 Å². The van der Waals surface area contributed by atoms with Crippen molar-refractivity contribution in [2.45, 2.75) is 25.6 Å². The predicted octanol–water partition coefficient (Wildman–Crippen LogP) is 3.44. The van der Waals surface area contributed by atoms with Gasteiger partial charge in [-0.2, -0.15) is 18.4 Å². The predicted molar refractivity (Wildman–Crippen MR) is 62.0 cm³/mol. The van der Waals surface area contributed by atoms with E-state index in [1.54, 1.807) is 6.07 Å². The molecule has 1 fully saturated rings. The zero-order chi connectivity index (χ0) is 13.3. The summed E-state index contributed by atoms with van der Waals surface area (Å²) in [4.78, 5) is 1.86. The third kappa shape index (κ3) is 2.28. The molecule has 0 radical (unpaired) electrons. The van der Waals surface area contributed by atoms with E-state index in [0.29, 0.717) is 18.7 Å². The molecule has 0 amide bonds. The molecule has 2 nitrogen and oxygen atoms in total. The fourth-order valence-electron chi connectivity index (χ4n) is 2.34. The number of rotatable bonds is 1. The number of nitriles is 1. The quantitative estimate of drug-likeness (QED) is 0.767. The fraction of sp³-hybridized carbons (Fsp3) is 0.462. The van der Waals surface area contributed by atoms with Crippen LogP contribution in [-0.2, 0) is 6.18 Å². The first-order valence-corrected chi connectivity index (χ1v) is 5.77. The summed E-state index contributed by atoms with van der Waals surface area (Å²) in [5.41, 5.74) is -0.109. The summed E-state index contributed by atoms with van der Waals surface area (Å²) in [6, 6.07) is 7.43. The van der Waals surface area contributed by atoms with Gasteiger partial charge in [0.1, 0.15) is 0 Å². The van der Waals surface area contributed by atoms with Gasteiger partial charge in [-0.05, 0) is 31.5 Å². The van der Waals surface area contributed by atoms with Gasteiger partial charge in [-0.3, -0.25) is 0 Å². The SMILES string of the molecule is CC1C(C#N)CCN1c1cccc(C(F)(F)F)c1. The molecule has 2 rings (SSSR count). The highest BCUT2D eigenvalue weighted by atomic mass is 19.4. The summed E-state index contributed by atoms with van der Waals surface area (Å²) in [6.07, 6.45) is -3.62. The van der Waals surface area contributed by atoms with Gasteiger partial charge in [0.15, 0.2) is 0 Å². The molecule has 2 unspecified atom stereocenters. The summed E-state index contributed by atoms with van der Waals surface area (Å²) in [7, 11) is 0. The Morgan fingerprint density at radius 2 is 2.11 bits per heavy atom. The second kappa shape index (κ2) is 4.52. The van der Waals surface area contributed by atoms with Crippen LogP contribution in [0, 0.1) is 17.2 Å². The standard InChI is InChI=1S/C13H13F3N2/c1-9-10(8-17)5-6-18(9)12-4-2-3-11(7-12)13(14,15)16/h2-4,7,9-10H,5-6H2,1H3. The lowest BCUT2D eigenvalue weighted by atomic mass is 10.0. The third-order valence-electron chi connectivity index (χ3n) is 3.43. The molecule has 0 aromatic heterocycles. The molecule has 1 heterocycles. The number of benzene rings is 1. The van der Waals surface area contributed by atoms with E-state index >= 15 is 0 Å². The first kappa shape index (κ1) is 12.7. The van der Waals surface area contributed by atoms with Crippen molar-refractivity contribution in [3.63, 3.8) is 0 Å². The van der Waals surface area contributed by atoms with Gasteiger partial charge in [0.05, 0.1) is 17.6 Å². The Morgan fingerprint density at radius 3 is 2.67 bits per heavy atom. The van der Waals surface area contributed by atoms with E-state index in [-0.39, 0.29) is 12.0 Å². The van der Waals surface area contributed by atoms with Crippen molar-refractivity contribution in [3.8, 4) is 6.07 Å². The molecule has 1 aromatic rings. The van der Waals surface area contributed by atoms with E-state index in [1.807, 2.05) is 11.8 Å². The van der Waals surface area contributed by atoms with Gasteiger partial charge < -0.3 is 4.90 Å². The molecule has 5 heteroatoms. The number of halogens is 3. The minimum Gasteiger partial charge on any atom is -0.367 e. The maximum absolute atomic E-state index is 12.6. The van der Waals surface area contributed by atoms with E-state index in [4.69, 9.17) is 5.26 Å². The van der Waals surface area contributed by atoms with Crippen LogP contribution in [0.5, 0.6) is 0 Å². The second-order valence-corrected chi connectivity index (χ2v) is 4.51. The molecule has 1 saturated heterocycles. The van der Waals surface area contributed by atoms with E-state index in [2.05, 4.69) is 6.07 Å². The molecule has 0 spiro atoms. The van der Waals surface area contributed by atoms with Crippen LogP contribution in [0.4, 0.5) is 18.9 Å². The molecule has 0 bridgehead atoms. The Balaban J connectivity index is 2.28. The normalized spacial score (nSPS) is 24.1. The molecular weight excluding hydrogens is 241 g/mol. The molecule has 1 aliphatic rings. The smallest absolute Gasteiger partial charge is 0.367 e. The summed E-state index contributed by atoms with van der Waals surface area (Å²) in [5.74, 6) is -0.112. The first-order chi connectivity index (χ1) is 8.43. The van der Waals surface area contributed by atoms with E-state index in [1.165, 1.54) is 6.07 Å². The Hall–Kier alpha value is -1.70. The zero-order valence-electron chi connectivity index (χ0n) is 9.91. The minimum atomic E-state index is -4.33. The largest absolute Gasteiger partial charge is 0.416 e. The average Bonchev–Trinajstić information content (AvgIpc) is 2.69. The lowest BCUT2D eigenvalue weighted by Gasteiger charge is -2.25. The van der Waals surface area contributed by atoms with Crippen molar-refractivity contribution in [2.24, 2.45) is 5.92 Å². The van der Waals surface area contributed by atoms with E-state index in [9.17, 15) is 13.2 Å². The number of anilines is 1. The zero-order valence-corrected chi connectivity index (χ0v) is 9.91.